The van der Waals surface area contributed by atoms with E-state index in [2.05, 4.69) is 5.32 Å². The van der Waals surface area contributed by atoms with Crippen LogP contribution in [0.1, 0.15) is 12.8 Å². The molecule has 0 bridgehead atoms. The van der Waals surface area contributed by atoms with Gasteiger partial charge in [-0.1, -0.05) is 23.9 Å². The molecule has 1 amide bonds. The molecule has 1 heterocycles. The predicted molar refractivity (Wildman–Crippen MR) is 98.9 cm³/mol. The van der Waals surface area contributed by atoms with Crippen LogP contribution in [-0.4, -0.2) is 37.4 Å². The second kappa shape index (κ2) is 7.97. The smallest absolute Gasteiger partial charge is 0.265 e. The van der Waals surface area contributed by atoms with Crippen LogP contribution in [0.3, 0.4) is 0 Å². The fourth-order valence-electron chi connectivity index (χ4n) is 3.12. The van der Waals surface area contributed by atoms with Gasteiger partial charge in [-0.15, -0.1) is 0 Å². The van der Waals surface area contributed by atoms with Crippen molar-refractivity contribution in [3.63, 3.8) is 0 Å². The van der Waals surface area contributed by atoms with Gasteiger partial charge in [-0.05, 0) is 62.3 Å². The fourth-order valence-corrected chi connectivity index (χ4v) is 5.93. The van der Waals surface area contributed by atoms with Crippen molar-refractivity contribution in [2.45, 2.75) is 32.3 Å². The Morgan fingerprint density at radius 1 is 1.11 bits per heavy atom. The molecule has 144 valence electrons. The molecule has 2 aromatic carbocycles. The average Bonchev–Trinajstić information content (AvgIpc) is 2.70. The van der Waals surface area contributed by atoms with E-state index in [1.54, 1.807) is 30.3 Å². The molecule has 0 spiro atoms. The van der Waals surface area contributed by atoms with E-state index in [0.717, 1.165) is 0 Å². The molecule has 0 unspecified atom stereocenters. The third-order valence-corrected chi connectivity index (χ3v) is 8.21. The van der Waals surface area contributed by atoms with Crippen molar-refractivity contribution < 1.29 is 22.8 Å². The van der Waals surface area contributed by atoms with Crippen LogP contribution in [0.4, 0.5) is 4.39 Å². The minimum atomic E-state index is -4.03. The van der Waals surface area contributed by atoms with Crippen LogP contribution in [0.5, 0.6) is 0 Å². The van der Waals surface area contributed by atoms with Gasteiger partial charge in [-0.2, -0.15) is 0 Å². The van der Waals surface area contributed by atoms with Gasteiger partial charge in [0.1, 0.15) is 5.82 Å². The van der Waals surface area contributed by atoms with Gasteiger partial charge in [0.05, 0.1) is 4.90 Å². The summed E-state index contributed by atoms with van der Waals surface area (Å²) in [5, 5.41) is 12.1. The predicted octanol–water partition coefficient (Wildman–Crippen LogP) is 2.38. The van der Waals surface area contributed by atoms with Crippen LogP contribution in [0.25, 0.3) is 0 Å². The first-order valence-corrected chi connectivity index (χ1v) is 10.6. The van der Waals surface area contributed by atoms with Crippen molar-refractivity contribution in [3.05, 3.63) is 54.3 Å². The van der Waals surface area contributed by atoms with Crippen LogP contribution in [0.15, 0.2) is 63.2 Å². The molecular formula is C18H19FN2O4S2. The summed E-state index contributed by atoms with van der Waals surface area (Å²) < 4.78 is 38.4. The number of hydrogen-bond acceptors (Lipinski definition) is 6. The Balaban J connectivity index is 1.90. The summed E-state index contributed by atoms with van der Waals surface area (Å²) in [6, 6.07) is 12.3. The maximum Gasteiger partial charge on any atom is 0.265 e. The first-order chi connectivity index (χ1) is 12.9. The molecule has 9 heteroatoms. The molecule has 1 aliphatic rings. The number of carbonyl (C=O) groups is 1. The largest absolute Gasteiger partial charge is 0.317 e. The molecule has 3 N–H and O–H groups in total. The van der Waals surface area contributed by atoms with Crippen LogP contribution in [-0.2, 0) is 14.6 Å². The third-order valence-electron chi connectivity index (χ3n) is 4.64. The van der Waals surface area contributed by atoms with Gasteiger partial charge in [0.25, 0.3) is 5.91 Å². The number of halogens is 1. The van der Waals surface area contributed by atoms with Crippen molar-refractivity contribution in [2.75, 3.05) is 13.1 Å². The molecule has 1 saturated heterocycles. The minimum Gasteiger partial charge on any atom is -0.317 e. The summed E-state index contributed by atoms with van der Waals surface area (Å²) >= 11 is 1.18. The Kier molecular flexibility index (Phi) is 5.85. The number of rotatable bonds is 5. The molecule has 0 aliphatic carbocycles. The van der Waals surface area contributed by atoms with E-state index in [-0.39, 0.29) is 23.6 Å². The van der Waals surface area contributed by atoms with Crippen LogP contribution in [0, 0.1) is 5.82 Å². The number of piperidine rings is 1. The van der Waals surface area contributed by atoms with Gasteiger partial charge >= 0.3 is 0 Å². The van der Waals surface area contributed by atoms with Crippen LogP contribution in [0.2, 0.25) is 0 Å². The van der Waals surface area contributed by atoms with E-state index >= 15 is 0 Å². The normalized spacial score (nSPS) is 16.7. The number of sulfone groups is 1. The molecule has 3 rings (SSSR count). The fraction of sp³-hybridized carbons (Fsp3) is 0.278. The van der Waals surface area contributed by atoms with Crippen molar-refractivity contribution in [1.29, 1.82) is 0 Å². The second-order valence-corrected chi connectivity index (χ2v) is 9.57. The van der Waals surface area contributed by atoms with Gasteiger partial charge in [-0.3, -0.25) is 10.0 Å². The summed E-state index contributed by atoms with van der Waals surface area (Å²) in [5.41, 5.74) is 1.51. The highest BCUT2D eigenvalue weighted by atomic mass is 32.2. The zero-order chi connectivity index (χ0) is 19.5. The first kappa shape index (κ1) is 19.8. The Labute approximate surface area is 161 Å². The van der Waals surface area contributed by atoms with Gasteiger partial charge in [0, 0.05) is 9.79 Å². The third kappa shape index (κ3) is 3.73. The Bertz CT molecular complexity index is 927. The zero-order valence-electron chi connectivity index (χ0n) is 14.3. The van der Waals surface area contributed by atoms with Crippen molar-refractivity contribution >= 4 is 27.5 Å². The van der Waals surface area contributed by atoms with Crippen molar-refractivity contribution in [1.82, 2.24) is 10.8 Å². The quantitative estimate of drug-likeness (QED) is 0.517. The van der Waals surface area contributed by atoms with E-state index in [1.165, 1.54) is 35.4 Å². The lowest BCUT2D eigenvalue weighted by atomic mass is 9.96. The average molecular weight is 410 g/mol. The monoisotopic (exact) mass is 410 g/mol. The molecule has 1 aliphatic heterocycles. The molecule has 0 aromatic heterocycles. The highest BCUT2D eigenvalue weighted by molar-refractivity contribution is 7.99. The van der Waals surface area contributed by atoms with E-state index in [1.807, 2.05) is 0 Å². The number of carbonyl (C=O) groups excluding carboxylic acids is 1. The maximum atomic E-state index is 13.8. The lowest BCUT2D eigenvalue weighted by molar-refractivity contribution is -0.132. The number of hydroxylamine groups is 1. The molecule has 1 fully saturated rings. The summed E-state index contributed by atoms with van der Waals surface area (Å²) in [7, 11) is -4.03. The lowest BCUT2D eigenvalue weighted by Gasteiger charge is -2.34. The van der Waals surface area contributed by atoms with Crippen molar-refractivity contribution in [2.24, 2.45) is 0 Å². The highest BCUT2D eigenvalue weighted by Crippen LogP contribution is 2.36. The lowest BCUT2D eigenvalue weighted by Crippen LogP contribution is -2.57. The Hall–Kier alpha value is -1.94. The molecular weight excluding hydrogens is 391 g/mol. The minimum absolute atomic E-state index is 0.00844. The maximum absolute atomic E-state index is 13.8. The first-order valence-electron chi connectivity index (χ1n) is 8.33. The number of nitrogens with one attached hydrogen (secondary N) is 2. The highest BCUT2D eigenvalue weighted by Gasteiger charge is 2.51. The molecule has 6 nitrogen and oxygen atoms in total. The molecule has 0 saturated carbocycles. The van der Waals surface area contributed by atoms with E-state index < -0.39 is 20.5 Å². The summed E-state index contributed by atoms with van der Waals surface area (Å²) in [6.07, 6.45) is 0.126. The summed E-state index contributed by atoms with van der Waals surface area (Å²) in [4.78, 5) is 13.3. The number of benzene rings is 2. The van der Waals surface area contributed by atoms with E-state index in [9.17, 15) is 17.6 Å². The van der Waals surface area contributed by atoms with Crippen LogP contribution < -0.4 is 10.8 Å². The SMILES string of the molecule is O=C(NO)C1(S(=O)(=O)c2ccc(Sc3ccccc3F)cc2)CCNCC1. The molecule has 27 heavy (non-hydrogen) atoms. The Morgan fingerprint density at radius 2 is 1.74 bits per heavy atom. The molecule has 0 atom stereocenters. The number of hydrogen-bond donors (Lipinski definition) is 3. The van der Waals surface area contributed by atoms with Crippen molar-refractivity contribution in [3.8, 4) is 0 Å². The van der Waals surface area contributed by atoms with Gasteiger partial charge in [0.15, 0.2) is 14.6 Å². The summed E-state index contributed by atoms with van der Waals surface area (Å²) in [5.74, 6) is -1.28. The Morgan fingerprint density at radius 3 is 2.33 bits per heavy atom. The second-order valence-electron chi connectivity index (χ2n) is 6.19. The number of amides is 1. The summed E-state index contributed by atoms with van der Waals surface area (Å²) in [6.45, 7) is 0.710. The topological polar surface area (TPSA) is 95.5 Å². The van der Waals surface area contributed by atoms with Crippen LogP contribution >= 0.6 is 11.8 Å². The van der Waals surface area contributed by atoms with Gasteiger partial charge in [0.2, 0.25) is 0 Å². The standard InChI is InChI=1S/C18H19FN2O4S2/c19-15-3-1-2-4-16(15)26-13-5-7-14(8-6-13)27(24,25)18(17(22)21-23)9-11-20-12-10-18/h1-8,20,23H,9-12H2,(H,21,22). The van der Waals surface area contributed by atoms with Gasteiger partial charge in [-0.25, -0.2) is 18.3 Å². The zero-order valence-corrected chi connectivity index (χ0v) is 15.9. The van der Waals surface area contributed by atoms with E-state index in [0.29, 0.717) is 22.9 Å². The van der Waals surface area contributed by atoms with E-state index in [4.69, 9.17) is 5.21 Å². The molecule has 2 aromatic rings. The molecule has 0 radical (unpaired) electrons. The van der Waals surface area contributed by atoms with Gasteiger partial charge < -0.3 is 5.32 Å².